The van der Waals surface area contributed by atoms with Gasteiger partial charge in [-0.25, -0.2) is 4.98 Å². The number of nitrogens with one attached hydrogen (secondary N) is 1. The summed E-state index contributed by atoms with van der Waals surface area (Å²) >= 11 is 1.32. The molecule has 0 bridgehead atoms. The molecule has 0 saturated carbocycles. The Morgan fingerprint density at radius 1 is 1.15 bits per heavy atom. The Morgan fingerprint density at radius 2 is 1.85 bits per heavy atom. The number of anilines is 1. The van der Waals surface area contributed by atoms with E-state index in [0.29, 0.717) is 10.9 Å². The maximum absolute atomic E-state index is 12.4. The van der Waals surface area contributed by atoms with Gasteiger partial charge in [-0.05, 0) is 42.0 Å². The van der Waals surface area contributed by atoms with Gasteiger partial charge in [0.05, 0.1) is 24.4 Å². The number of carbonyl (C=O) groups excluding carboxylic acids is 1. The summed E-state index contributed by atoms with van der Waals surface area (Å²) in [5.41, 5.74) is 1.47. The van der Waals surface area contributed by atoms with Crippen LogP contribution in [0.4, 0.5) is 5.13 Å². The van der Waals surface area contributed by atoms with Crippen molar-refractivity contribution in [3.8, 4) is 17.6 Å². The molecule has 6 nitrogen and oxygen atoms in total. The molecule has 26 heavy (non-hydrogen) atoms. The van der Waals surface area contributed by atoms with E-state index in [0.717, 1.165) is 21.5 Å². The molecule has 0 saturated heterocycles. The van der Waals surface area contributed by atoms with E-state index in [4.69, 9.17) is 9.47 Å². The van der Waals surface area contributed by atoms with Gasteiger partial charge in [0.2, 0.25) is 0 Å². The molecule has 1 amide bonds. The van der Waals surface area contributed by atoms with Crippen LogP contribution < -0.4 is 14.8 Å². The van der Waals surface area contributed by atoms with Gasteiger partial charge in [0.1, 0.15) is 23.1 Å². The van der Waals surface area contributed by atoms with Crippen LogP contribution >= 0.6 is 11.3 Å². The number of nitriles is 1. The van der Waals surface area contributed by atoms with Gasteiger partial charge in [0.25, 0.3) is 5.91 Å². The van der Waals surface area contributed by atoms with Crippen molar-refractivity contribution in [3.63, 3.8) is 0 Å². The Labute approximate surface area is 154 Å². The molecule has 0 radical (unpaired) electrons. The molecule has 3 aromatic rings. The Bertz CT molecular complexity index is 1020. The van der Waals surface area contributed by atoms with E-state index in [1.165, 1.54) is 17.4 Å². The molecular formula is C19H15N3O3S. The molecule has 2 aromatic carbocycles. The number of ether oxygens (including phenoxy) is 2. The summed E-state index contributed by atoms with van der Waals surface area (Å²) in [7, 11) is 3.17. The lowest BCUT2D eigenvalue weighted by molar-refractivity contribution is -0.112. The summed E-state index contributed by atoms with van der Waals surface area (Å²) in [4.78, 5) is 16.7. The van der Waals surface area contributed by atoms with Gasteiger partial charge in [0, 0.05) is 0 Å². The maximum atomic E-state index is 12.4. The van der Waals surface area contributed by atoms with E-state index in [-0.39, 0.29) is 5.57 Å². The maximum Gasteiger partial charge on any atom is 0.268 e. The first-order valence-corrected chi connectivity index (χ1v) is 8.46. The van der Waals surface area contributed by atoms with E-state index >= 15 is 0 Å². The van der Waals surface area contributed by atoms with Crippen molar-refractivity contribution in [2.24, 2.45) is 0 Å². The van der Waals surface area contributed by atoms with E-state index in [1.54, 1.807) is 44.6 Å². The average Bonchev–Trinajstić information content (AvgIpc) is 3.07. The standard InChI is InChI=1S/C19H15N3O3S/c1-24-14-5-3-12(4-6-14)9-13(11-20)18(23)22-19-21-16-8-7-15(25-2)10-17(16)26-19/h3-10H,1-2H3,(H,21,22,23). The van der Waals surface area contributed by atoms with Crippen LogP contribution in [-0.2, 0) is 4.79 Å². The highest BCUT2D eigenvalue weighted by Gasteiger charge is 2.13. The average molecular weight is 365 g/mol. The number of nitrogens with zero attached hydrogens (tertiary/aromatic N) is 2. The summed E-state index contributed by atoms with van der Waals surface area (Å²) in [6.45, 7) is 0. The third kappa shape index (κ3) is 3.82. The highest BCUT2D eigenvalue weighted by Crippen LogP contribution is 2.29. The van der Waals surface area contributed by atoms with Crippen molar-refractivity contribution in [2.75, 3.05) is 19.5 Å². The van der Waals surface area contributed by atoms with E-state index < -0.39 is 5.91 Å². The quantitative estimate of drug-likeness (QED) is 0.548. The van der Waals surface area contributed by atoms with Crippen molar-refractivity contribution in [2.45, 2.75) is 0 Å². The second-order valence-corrected chi connectivity index (χ2v) is 6.28. The largest absolute Gasteiger partial charge is 0.497 e. The molecule has 0 spiro atoms. The van der Waals surface area contributed by atoms with Gasteiger partial charge >= 0.3 is 0 Å². The Kier molecular flexibility index (Phi) is 5.15. The number of hydrogen-bond acceptors (Lipinski definition) is 6. The van der Waals surface area contributed by atoms with E-state index in [1.807, 2.05) is 18.2 Å². The molecule has 0 unspecified atom stereocenters. The Morgan fingerprint density at radius 3 is 2.50 bits per heavy atom. The predicted octanol–water partition coefficient (Wildman–Crippen LogP) is 3.86. The SMILES string of the molecule is COc1ccc(C=C(C#N)C(=O)Nc2nc3ccc(OC)cc3s2)cc1. The fourth-order valence-corrected chi connectivity index (χ4v) is 3.15. The molecule has 0 aliphatic heterocycles. The zero-order chi connectivity index (χ0) is 18.5. The molecule has 0 fully saturated rings. The van der Waals surface area contributed by atoms with Crippen LogP contribution in [0, 0.1) is 11.3 Å². The molecule has 1 aromatic heterocycles. The number of hydrogen-bond donors (Lipinski definition) is 1. The summed E-state index contributed by atoms with van der Waals surface area (Å²) in [5.74, 6) is 0.917. The lowest BCUT2D eigenvalue weighted by Gasteiger charge is -2.01. The number of benzene rings is 2. The van der Waals surface area contributed by atoms with Crippen molar-refractivity contribution >= 4 is 38.7 Å². The first kappa shape index (κ1) is 17.5. The minimum atomic E-state index is -0.505. The molecule has 3 rings (SSSR count). The summed E-state index contributed by atoms with van der Waals surface area (Å²) < 4.78 is 11.2. The highest BCUT2D eigenvalue weighted by atomic mass is 32.1. The van der Waals surface area contributed by atoms with Crippen LogP contribution in [0.2, 0.25) is 0 Å². The van der Waals surface area contributed by atoms with Crippen molar-refractivity contribution in [3.05, 3.63) is 53.6 Å². The summed E-state index contributed by atoms with van der Waals surface area (Å²) in [6, 6.07) is 14.5. The monoisotopic (exact) mass is 365 g/mol. The zero-order valence-electron chi connectivity index (χ0n) is 14.1. The number of thiazole rings is 1. The number of methoxy groups -OCH3 is 2. The molecule has 0 aliphatic rings. The Balaban J connectivity index is 1.80. The lowest BCUT2D eigenvalue weighted by Crippen LogP contribution is -2.13. The zero-order valence-corrected chi connectivity index (χ0v) is 15.0. The normalized spacial score (nSPS) is 11.0. The Hall–Kier alpha value is -3.37. The van der Waals surface area contributed by atoms with Gasteiger partial charge in [-0.1, -0.05) is 23.5 Å². The summed E-state index contributed by atoms with van der Waals surface area (Å²) in [6.07, 6.45) is 1.52. The lowest BCUT2D eigenvalue weighted by atomic mass is 10.1. The number of rotatable bonds is 5. The van der Waals surface area contributed by atoms with Gasteiger partial charge in [-0.3, -0.25) is 10.1 Å². The third-order valence-corrected chi connectivity index (χ3v) is 4.54. The minimum absolute atomic E-state index is 0.00740. The van der Waals surface area contributed by atoms with Gasteiger partial charge in [0.15, 0.2) is 5.13 Å². The molecule has 1 heterocycles. The van der Waals surface area contributed by atoms with Gasteiger partial charge < -0.3 is 9.47 Å². The predicted molar refractivity (Wildman–Crippen MR) is 101 cm³/mol. The van der Waals surface area contributed by atoms with E-state index in [9.17, 15) is 10.1 Å². The van der Waals surface area contributed by atoms with Crippen LogP contribution in [-0.4, -0.2) is 25.1 Å². The van der Waals surface area contributed by atoms with Crippen LogP contribution in [0.5, 0.6) is 11.5 Å². The molecule has 130 valence electrons. The second kappa shape index (κ2) is 7.68. The number of amides is 1. The van der Waals surface area contributed by atoms with Crippen LogP contribution in [0.15, 0.2) is 48.0 Å². The minimum Gasteiger partial charge on any atom is -0.497 e. The van der Waals surface area contributed by atoms with Crippen molar-refractivity contribution < 1.29 is 14.3 Å². The van der Waals surface area contributed by atoms with E-state index in [2.05, 4.69) is 10.3 Å². The number of fused-ring (bicyclic) bond motifs is 1. The van der Waals surface area contributed by atoms with Crippen LogP contribution in [0.3, 0.4) is 0 Å². The fraction of sp³-hybridized carbons (Fsp3) is 0.105. The molecule has 0 aliphatic carbocycles. The molecule has 7 heteroatoms. The smallest absolute Gasteiger partial charge is 0.268 e. The van der Waals surface area contributed by atoms with Gasteiger partial charge in [-0.2, -0.15) is 5.26 Å². The third-order valence-electron chi connectivity index (χ3n) is 3.61. The second-order valence-electron chi connectivity index (χ2n) is 5.25. The summed E-state index contributed by atoms with van der Waals surface area (Å²) in [5, 5.41) is 12.4. The van der Waals surface area contributed by atoms with Crippen molar-refractivity contribution in [1.82, 2.24) is 4.98 Å². The topological polar surface area (TPSA) is 84.2 Å². The fourth-order valence-electron chi connectivity index (χ4n) is 2.27. The van der Waals surface area contributed by atoms with Crippen molar-refractivity contribution in [1.29, 1.82) is 5.26 Å². The number of aromatic nitrogens is 1. The van der Waals surface area contributed by atoms with Crippen LogP contribution in [0.1, 0.15) is 5.56 Å². The molecule has 1 N–H and O–H groups in total. The first-order chi connectivity index (χ1) is 12.6. The highest BCUT2D eigenvalue weighted by molar-refractivity contribution is 7.22. The van der Waals surface area contributed by atoms with Gasteiger partial charge in [-0.15, -0.1) is 0 Å². The molecule has 0 atom stereocenters. The number of carbonyl (C=O) groups is 1. The van der Waals surface area contributed by atoms with Crippen LogP contribution in [0.25, 0.3) is 16.3 Å². The molecular weight excluding hydrogens is 350 g/mol. The first-order valence-electron chi connectivity index (χ1n) is 7.64.